The molecule has 4 aliphatic carbocycles. The summed E-state index contributed by atoms with van der Waals surface area (Å²) in [6.07, 6.45) is 0. The minimum absolute atomic E-state index is 0.0588. The zero-order chi connectivity index (χ0) is 53.8. The summed E-state index contributed by atoms with van der Waals surface area (Å²) in [5.41, 5.74) is 14.7. The molecule has 0 fully saturated rings. The van der Waals surface area contributed by atoms with Crippen molar-refractivity contribution in [1.29, 1.82) is 21.0 Å². The Hall–Kier alpha value is -9.94. The summed E-state index contributed by atoms with van der Waals surface area (Å²) < 4.78 is 0. The van der Waals surface area contributed by atoms with E-state index in [9.17, 15) is 30.6 Å². The number of hydrogen-bond acceptors (Lipinski definition) is 10. The number of thiophene rings is 2. The average molecular weight is 1040 g/mol. The van der Waals surface area contributed by atoms with Gasteiger partial charge in [-0.05, 0) is 119 Å². The highest BCUT2D eigenvalue weighted by Crippen LogP contribution is 2.66. The number of benzene rings is 7. The molecular weight excluding hydrogens is 997 g/mol. The summed E-state index contributed by atoms with van der Waals surface area (Å²) in [7, 11) is 0. The highest BCUT2D eigenvalue weighted by Gasteiger charge is 2.53. The molecule has 0 amide bonds. The number of rotatable bonds is 6. The van der Waals surface area contributed by atoms with E-state index < -0.39 is 10.8 Å². The van der Waals surface area contributed by atoms with Crippen LogP contribution in [0.3, 0.4) is 0 Å². The first-order valence-corrected chi connectivity index (χ1v) is 26.9. The van der Waals surface area contributed by atoms with Gasteiger partial charge in [-0.1, -0.05) is 168 Å². The maximum Gasteiger partial charge on any atom is 0.212 e. The first kappa shape index (κ1) is 47.8. The molecule has 0 bridgehead atoms. The fraction of sp³-hybridized carbons (Fsp3) is 0.0882. The lowest BCUT2D eigenvalue weighted by molar-refractivity contribution is 0.106. The molecule has 9 aromatic rings. The molecule has 0 saturated carbocycles. The Kier molecular flexibility index (Phi) is 10.9. The number of nitrogens with zero attached hydrogens (tertiary/aromatic N) is 6. The zero-order valence-corrected chi connectivity index (χ0v) is 44.1. The standard InChI is InChI=1S/C68H40N6O2S2/c1-37-13-21-43(22-14-37)67(44-23-15-38(2)16-24-44)53-29-52-54(30-51(53)65-55(67)31-57(77-65)73-61-59(41(33-69)34-70)47-9-5-7-11-49(47)63(61)75)68(45-25-17-39(3)18-26-45,46-27-19-40(4)20-28-46)56-32-58(78-66(52)56)74-62-60(42(35-71)36-72)48-10-6-8-12-50(48)64(62)76/h5-32H,1-4H3. The van der Waals surface area contributed by atoms with Gasteiger partial charge in [0.2, 0.25) is 11.6 Å². The van der Waals surface area contributed by atoms with Crippen molar-refractivity contribution >= 4 is 66.8 Å². The molecule has 0 aliphatic heterocycles. The lowest BCUT2D eigenvalue weighted by atomic mass is 9.66. The number of allylic oxidation sites excluding steroid dienone is 4. The normalized spacial score (nSPS) is 15.6. The maximum absolute atomic E-state index is 14.4. The third-order valence-corrected chi connectivity index (χ3v) is 17.9. The monoisotopic (exact) mass is 1040 g/mol. The second-order valence-electron chi connectivity index (χ2n) is 20.2. The van der Waals surface area contributed by atoms with E-state index >= 15 is 0 Å². The minimum atomic E-state index is -0.923. The SMILES string of the molecule is Cc1ccc(C2(c3ccc(C)cc3)c3cc4c(cc3-c3sc(N=C5C(=O)c6ccccc6C5=C(C#N)C#N)cc32)C(c2ccc(C)cc2)(c2ccc(C)cc2)c2cc(N=C3C(=O)c5ccccc5C3=C(C#N)C#N)sc2-4)cc1. The number of carbonyl (C=O) groups is 2. The van der Waals surface area contributed by atoms with Crippen LogP contribution in [0.2, 0.25) is 0 Å². The average Bonchev–Trinajstić information content (AvgIpc) is 4.48. The fourth-order valence-electron chi connectivity index (χ4n) is 12.3. The van der Waals surface area contributed by atoms with Crippen LogP contribution in [-0.4, -0.2) is 23.0 Å². The number of aliphatic imine (C=N–C) groups is 2. The van der Waals surface area contributed by atoms with Crippen molar-refractivity contribution in [3.05, 3.63) is 270 Å². The second-order valence-corrected chi connectivity index (χ2v) is 22.2. The lowest BCUT2D eigenvalue weighted by Gasteiger charge is -2.35. The van der Waals surface area contributed by atoms with E-state index in [1.807, 2.05) is 24.3 Å². The molecule has 0 spiro atoms. The van der Waals surface area contributed by atoms with Gasteiger partial charge in [-0.25, -0.2) is 9.98 Å². The molecule has 10 heteroatoms. The van der Waals surface area contributed by atoms with Crippen molar-refractivity contribution in [2.75, 3.05) is 0 Å². The summed E-state index contributed by atoms with van der Waals surface area (Å²) in [5, 5.41) is 42.1. The van der Waals surface area contributed by atoms with Crippen LogP contribution in [0, 0.1) is 73.0 Å². The molecule has 2 aromatic heterocycles. The highest BCUT2D eigenvalue weighted by atomic mass is 32.1. The van der Waals surface area contributed by atoms with Crippen molar-refractivity contribution in [2.24, 2.45) is 9.98 Å². The molecule has 78 heavy (non-hydrogen) atoms. The van der Waals surface area contributed by atoms with Crippen LogP contribution in [0.1, 0.15) is 98.6 Å². The number of fused-ring (bicyclic) bond motifs is 8. The Balaban J connectivity index is 1.14. The van der Waals surface area contributed by atoms with Crippen molar-refractivity contribution in [2.45, 2.75) is 38.5 Å². The third kappa shape index (κ3) is 6.72. The van der Waals surface area contributed by atoms with Gasteiger partial charge in [-0.2, -0.15) is 21.0 Å². The van der Waals surface area contributed by atoms with Crippen molar-refractivity contribution < 1.29 is 9.59 Å². The lowest BCUT2D eigenvalue weighted by Crippen LogP contribution is -2.30. The largest absolute Gasteiger partial charge is 0.287 e. The summed E-state index contributed by atoms with van der Waals surface area (Å²) in [6, 6.07) is 65.8. The zero-order valence-electron chi connectivity index (χ0n) is 42.5. The van der Waals surface area contributed by atoms with E-state index in [2.05, 4.69) is 149 Å². The molecule has 13 rings (SSSR count). The first-order chi connectivity index (χ1) is 37.9. The van der Waals surface area contributed by atoms with Crippen LogP contribution in [0.5, 0.6) is 0 Å². The Labute approximate surface area is 458 Å². The molecular formula is C68H40N6O2S2. The van der Waals surface area contributed by atoms with E-state index in [1.165, 1.54) is 22.7 Å². The van der Waals surface area contributed by atoms with Crippen LogP contribution in [-0.2, 0) is 10.8 Å². The maximum atomic E-state index is 14.4. The number of hydrogen-bond donors (Lipinski definition) is 0. The van der Waals surface area contributed by atoms with E-state index in [0.717, 1.165) is 87.6 Å². The number of aryl methyl sites for hydroxylation is 4. The second kappa shape index (κ2) is 17.8. The Morgan fingerprint density at radius 3 is 0.974 bits per heavy atom. The fourth-order valence-corrected chi connectivity index (χ4v) is 14.5. The van der Waals surface area contributed by atoms with E-state index in [1.54, 1.807) is 48.5 Å². The van der Waals surface area contributed by atoms with Gasteiger partial charge in [-0.15, -0.1) is 22.7 Å². The summed E-state index contributed by atoms with van der Waals surface area (Å²) >= 11 is 2.96. The van der Waals surface area contributed by atoms with Crippen molar-refractivity contribution in [3.63, 3.8) is 0 Å². The molecule has 0 N–H and O–H groups in total. The topological polar surface area (TPSA) is 154 Å². The van der Waals surface area contributed by atoms with Gasteiger partial charge in [0, 0.05) is 32.0 Å². The molecule has 366 valence electrons. The third-order valence-electron chi connectivity index (χ3n) is 15.8. The van der Waals surface area contributed by atoms with Gasteiger partial charge < -0.3 is 0 Å². The summed E-state index contributed by atoms with van der Waals surface area (Å²) in [6.45, 7) is 8.31. The summed E-state index contributed by atoms with van der Waals surface area (Å²) in [5.74, 6) is -0.694. The predicted molar refractivity (Wildman–Crippen MR) is 308 cm³/mol. The number of Topliss-reactive ketones (excluding diaryl/α,β-unsaturated/α-hetero) is 2. The molecule has 0 atom stereocenters. The number of ketones is 2. The Morgan fingerprint density at radius 1 is 0.385 bits per heavy atom. The molecule has 0 radical (unpaired) electrons. The van der Waals surface area contributed by atoms with Crippen LogP contribution in [0.4, 0.5) is 10.0 Å². The van der Waals surface area contributed by atoms with Crippen LogP contribution >= 0.6 is 22.7 Å². The molecule has 7 aromatic carbocycles. The van der Waals surface area contributed by atoms with Gasteiger partial charge in [0.1, 0.15) is 56.8 Å². The summed E-state index contributed by atoms with van der Waals surface area (Å²) in [4.78, 5) is 41.0. The number of carbonyl (C=O) groups excluding carboxylic acids is 2. The molecule has 2 heterocycles. The number of nitriles is 4. The van der Waals surface area contributed by atoms with E-state index in [0.29, 0.717) is 32.3 Å². The first-order valence-electron chi connectivity index (χ1n) is 25.3. The van der Waals surface area contributed by atoms with Crippen LogP contribution in [0.15, 0.2) is 191 Å². The predicted octanol–water partition coefficient (Wildman–Crippen LogP) is 15.3. The van der Waals surface area contributed by atoms with Crippen molar-refractivity contribution in [3.8, 4) is 45.2 Å². The Morgan fingerprint density at radius 2 is 0.679 bits per heavy atom. The highest BCUT2D eigenvalue weighted by molar-refractivity contribution is 7.20. The van der Waals surface area contributed by atoms with Crippen LogP contribution in [0.25, 0.3) is 32.0 Å². The van der Waals surface area contributed by atoms with Crippen LogP contribution < -0.4 is 0 Å². The molecule has 0 unspecified atom stereocenters. The van der Waals surface area contributed by atoms with E-state index in [-0.39, 0.29) is 45.3 Å². The van der Waals surface area contributed by atoms with Gasteiger partial charge >= 0.3 is 0 Å². The van der Waals surface area contributed by atoms with Crippen molar-refractivity contribution in [1.82, 2.24) is 0 Å². The molecule has 4 aliphatic rings. The van der Waals surface area contributed by atoms with Gasteiger partial charge in [0.05, 0.1) is 10.8 Å². The smallest absolute Gasteiger partial charge is 0.212 e. The minimum Gasteiger partial charge on any atom is -0.287 e. The van der Waals surface area contributed by atoms with Gasteiger partial charge in [0.15, 0.2) is 0 Å². The molecule has 8 nitrogen and oxygen atoms in total. The van der Waals surface area contributed by atoms with Gasteiger partial charge in [0.25, 0.3) is 0 Å². The molecule has 0 saturated heterocycles. The quantitative estimate of drug-likeness (QED) is 0.151. The Bertz CT molecular complexity index is 4070. The van der Waals surface area contributed by atoms with Gasteiger partial charge in [-0.3, -0.25) is 9.59 Å². The van der Waals surface area contributed by atoms with E-state index in [4.69, 9.17) is 9.98 Å².